The lowest BCUT2D eigenvalue weighted by Gasteiger charge is -2.26. The van der Waals surface area contributed by atoms with Gasteiger partial charge in [0.25, 0.3) is 0 Å². The molecule has 3 aromatic heterocycles. The Hall–Kier alpha value is -2.48. The van der Waals surface area contributed by atoms with Gasteiger partial charge in [-0.1, -0.05) is 5.16 Å². The van der Waals surface area contributed by atoms with Crippen LogP contribution in [-0.2, 0) is 0 Å². The average molecular weight is 381 g/mol. The third kappa shape index (κ3) is 2.78. The Morgan fingerprint density at radius 3 is 2.43 bits per heavy atom. The normalized spacial score (nSPS) is 23.0. The molecular weight excluding hydrogens is 354 g/mol. The van der Waals surface area contributed by atoms with Gasteiger partial charge in [-0.3, -0.25) is 0 Å². The Labute approximate surface area is 163 Å². The van der Waals surface area contributed by atoms with E-state index in [9.17, 15) is 0 Å². The summed E-state index contributed by atoms with van der Waals surface area (Å²) in [6.07, 6.45) is 8.01. The van der Waals surface area contributed by atoms with Gasteiger partial charge in [0.2, 0.25) is 0 Å². The molecule has 0 atom stereocenters. The largest absolute Gasteiger partial charge is 0.383 e. The van der Waals surface area contributed by atoms with Crippen molar-refractivity contribution in [3.8, 4) is 11.4 Å². The van der Waals surface area contributed by atoms with Crippen molar-refractivity contribution in [2.75, 3.05) is 5.73 Å². The van der Waals surface area contributed by atoms with Gasteiger partial charge in [-0.2, -0.15) is 5.10 Å². The van der Waals surface area contributed by atoms with Crippen LogP contribution >= 0.6 is 0 Å². The monoisotopic (exact) mass is 381 g/mol. The number of hydrogen-bond acceptors (Lipinski definition) is 7. The summed E-state index contributed by atoms with van der Waals surface area (Å²) in [6, 6.07) is 0.449. The first kappa shape index (κ1) is 17.6. The van der Waals surface area contributed by atoms with Gasteiger partial charge in [-0.15, -0.1) is 0 Å². The van der Waals surface area contributed by atoms with Gasteiger partial charge in [0.05, 0.1) is 5.39 Å². The van der Waals surface area contributed by atoms with Gasteiger partial charge < -0.3 is 16.0 Å². The van der Waals surface area contributed by atoms with Crippen molar-refractivity contribution in [3.05, 3.63) is 17.7 Å². The van der Waals surface area contributed by atoms with Crippen molar-refractivity contribution in [1.82, 2.24) is 24.9 Å². The highest BCUT2D eigenvalue weighted by Crippen LogP contribution is 2.49. The number of hydrogen-bond donors (Lipinski definition) is 2. The number of rotatable bonds is 4. The maximum atomic E-state index is 6.25. The molecule has 8 heteroatoms. The average Bonchev–Trinajstić information content (AvgIpc) is 3.30. The van der Waals surface area contributed by atoms with Crippen LogP contribution in [0.4, 0.5) is 5.82 Å². The van der Waals surface area contributed by atoms with E-state index in [1.807, 2.05) is 4.68 Å². The molecule has 5 rings (SSSR count). The van der Waals surface area contributed by atoms with E-state index in [4.69, 9.17) is 21.1 Å². The zero-order valence-electron chi connectivity index (χ0n) is 16.4. The SMILES string of the molecule is CC(C)n1nc(-c2noc(C3CC3)c2C2CCC(N)CC2)c2c(N)ncnc21. The fourth-order valence-electron chi connectivity index (χ4n) is 4.44. The summed E-state index contributed by atoms with van der Waals surface area (Å²) >= 11 is 0. The molecule has 0 aromatic carbocycles. The van der Waals surface area contributed by atoms with E-state index in [-0.39, 0.29) is 6.04 Å². The van der Waals surface area contributed by atoms with Crippen LogP contribution in [0.25, 0.3) is 22.4 Å². The summed E-state index contributed by atoms with van der Waals surface area (Å²) in [5, 5.41) is 10.1. The summed E-state index contributed by atoms with van der Waals surface area (Å²) in [4.78, 5) is 8.66. The topological polar surface area (TPSA) is 122 Å². The first-order chi connectivity index (χ1) is 13.5. The van der Waals surface area contributed by atoms with Crippen LogP contribution in [0.5, 0.6) is 0 Å². The number of anilines is 1. The van der Waals surface area contributed by atoms with E-state index in [0.29, 0.717) is 23.7 Å². The van der Waals surface area contributed by atoms with Gasteiger partial charge in [-0.05, 0) is 58.3 Å². The standard InChI is InChI=1S/C20H27N7O/c1-10(2)27-20-15(19(22)23-9-24-20)16(25-27)17-14(11-5-7-13(21)8-6-11)18(28-26-17)12-3-4-12/h9-13H,3-8,21H2,1-2H3,(H2,22,23,24). The molecule has 28 heavy (non-hydrogen) atoms. The lowest BCUT2D eigenvalue weighted by atomic mass is 9.80. The molecule has 2 aliphatic rings. The summed E-state index contributed by atoms with van der Waals surface area (Å²) in [5.41, 5.74) is 15.9. The Bertz CT molecular complexity index is 1010. The van der Waals surface area contributed by atoms with Crippen LogP contribution in [0, 0.1) is 0 Å². The summed E-state index contributed by atoms with van der Waals surface area (Å²) in [6.45, 7) is 4.16. The van der Waals surface area contributed by atoms with E-state index < -0.39 is 0 Å². The first-order valence-electron chi connectivity index (χ1n) is 10.3. The minimum atomic E-state index is 0.150. The minimum absolute atomic E-state index is 0.150. The Morgan fingerprint density at radius 1 is 1.04 bits per heavy atom. The van der Waals surface area contributed by atoms with Gasteiger partial charge in [0.1, 0.15) is 29.3 Å². The highest BCUT2D eigenvalue weighted by atomic mass is 16.5. The Kier molecular flexibility index (Phi) is 4.12. The maximum absolute atomic E-state index is 6.25. The number of nitrogen functional groups attached to an aromatic ring is 1. The van der Waals surface area contributed by atoms with Crippen LogP contribution in [0.3, 0.4) is 0 Å². The Balaban J connectivity index is 1.70. The van der Waals surface area contributed by atoms with Gasteiger partial charge in [0, 0.05) is 23.6 Å². The molecule has 0 saturated heterocycles. The molecule has 2 fully saturated rings. The van der Waals surface area contributed by atoms with Crippen LogP contribution in [0.2, 0.25) is 0 Å². The molecule has 0 radical (unpaired) electrons. The van der Waals surface area contributed by atoms with Gasteiger partial charge >= 0.3 is 0 Å². The summed E-state index contributed by atoms with van der Waals surface area (Å²) in [7, 11) is 0. The second kappa shape index (κ2) is 6.55. The quantitative estimate of drug-likeness (QED) is 0.709. The van der Waals surface area contributed by atoms with Gasteiger partial charge in [-0.25, -0.2) is 14.6 Å². The zero-order valence-corrected chi connectivity index (χ0v) is 16.4. The summed E-state index contributed by atoms with van der Waals surface area (Å²) < 4.78 is 7.80. The number of nitrogens with two attached hydrogens (primary N) is 2. The third-order valence-corrected chi connectivity index (χ3v) is 6.12. The fourth-order valence-corrected chi connectivity index (χ4v) is 4.44. The molecule has 4 N–H and O–H groups in total. The molecule has 0 spiro atoms. The van der Waals surface area contributed by atoms with Crippen LogP contribution < -0.4 is 11.5 Å². The van der Waals surface area contributed by atoms with Crippen molar-refractivity contribution < 1.29 is 4.52 Å². The summed E-state index contributed by atoms with van der Waals surface area (Å²) in [5.74, 6) is 2.36. The molecular formula is C20H27N7O. The van der Waals surface area contributed by atoms with Crippen LogP contribution in [-0.4, -0.2) is 30.9 Å². The third-order valence-electron chi connectivity index (χ3n) is 6.12. The van der Waals surface area contributed by atoms with Gasteiger partial charge in [0.15, 0.2) is 5.65 Å². The highest BCUT2D eigenvalue weighted by molar-refractivity contribution is 5.98. The zero-order chi connectivity index (χ0) is 19.4. The fraction of sp³-hybridized carbons (Fsp3) is 0.600. The van der Waals surface area contributed by atoms with Crippen molar-refractivity contribution in [3.63, 3.8) is 0 Å². The molecule has 0 unspecified atom stereocenters. The number of fused-ring (bicyclic) bond motifs is 1. The maximum Gasteiger partial charge on any atom is 0.164 e. The number of nitrogens with zero attached hydrogens (tertiary/aromatic N) is 5. The molecule has 8 nitrogen and oxygen atoms in total. The van der Waals surface area contributed by atoms with Crippen molar-refractivity contribution in [2.24, 2.45) is 5.73 Å². The van der Waals surface area contributed by atoms with E-state index in [2.05, 4.69) is 29.0 Å². The van der Waals surface area contributed by atoms with E-state index in [0.717, 1.165) is 53.9 Å². The molecule has 3 heterocycles. The predicted octanol–water partition coefficient (Wildman–Crippen LogP) is 3.51. The van der Waals surface area contributed by atoms with Crippen molar-refractivity contribution >= 4 is 16.9 Å². The molecule has 3 aromatic rings. The number of aromatic nitrogens is 5. The molecule has 0 amide bonds. The smallest absolute Gasteiger partial charge is 0.164 e. The second-order valence-corrected chi connectivity index (χ2v) is 8.54. The molecule has 0 bridgehead atoms. The van der Waals surface area contributed by atoms with E-state index in [1.54, 1.807) is 0 Å². The predicted molar refractivity (Wildman–Crippen MR) is 107 cm³/mol. The molecule has 0 aliphatic heterocycles. The van der Waals surface area contributed by atoms with Crippen molar-refractivity contribution in [1.29, 1.82) is 0 Å². The lowest BCUT2D eigenvalue weighted by molar-refractivity contribution is 0.368. The van der Waals surface area contributed by atoms with Crippen LogP contribution in [0.15, 0.2) is 10.9 Å². The second-order valence-electron chi connectivity index (χ2n) is 8.54. The highest BCUT2D eigenvalue weighted by Gasteiger charge is 2.38. The van der Waals surface area contributed by atoms with E-state index >= 15 is 0 Å². The Morgan fingerprint density at radius 2 is 1.75 bits per heavy atom. The lowest BCUT2D eigenvalue weighted by Crippen LogP contribution is -2.26. The molecule has 148 valence electrons. The molecule has 2 saturated carbocycles. The van der Waals surface area contributed by atoms with Crippen LogP contribution in [0.1, 0.15) is 81.6 Å². The molecule has 2 aliphatic carbocycles. The minimum Gasteiger partial charge on any atom is -0.383 e. The first-order valence-corrected chi connectivity index (χ1v) is 10.3. The van der Waals surface area contributed by atoms with Crippen molar-refractivity contribution in [2.45, 2.75) is 76.3 Å². The van der Waals surface area contributed by atoms with E-state index in [1.165, 1.54) is 24.7 Å².